The lowest BCUT2D eigenvalue weighted by Crippen LogP contribution is -2.31. The minimum Gasteiger partial charge on any atom is -0.478 e. The quantitative estimate of drug-likeness (QED) is 0.763. The summed E-state index contributed by atoms with van der Waals surface area (Å²) in [4.78, 5) is 22.1. The molecule has 0 fully saturated rings. The van der Waals surface area contributed by atoms with Gasteiger partial charge in [-0.2, -0.15) is 0 Å². The first-order valence-corrected chi connectivity index (χ1v) is 5.85. The Morgan fingerprint density at radius 3 is 2.53 bits per heavy atom. The Morgan fingerprint density at radius 1 is 1.37 bits per heavy atom. The van der Waals surface area contributed by atoms with Gasteiger partial charge in [0.05, 0.1) is 6.10 Å². The number of carbonyl (C=O) groups is 2. The van der Waals surface area contributed by atoms with Crippen molar-refractivity contribution in [2.75, 3.05) is 13.7 Å². The third kappa shape index (κ3) is 5.35. The van der Waals surface area contributed by atoms with Gasteiger partial charge in [-0.05, 0) is 30.7 Å². The first-order chi connectivity index (χ1) is 9.02. The molecule has 0 aliphatic carbocycles. The Labute approximate surface area is 111 Å². The fourth-order valence-corrected chi connectivity index (χ4v) is 1.33. The Kier molecular flexibility index (Phi) is 5.75. The van der Waals surface area contributed by atoms with Crippen LogP contribution >= 0.6 is 0 Å². The number of methoxy groups -OCH3 is 1. The van der Waals surface area contributed by atoms with E-state index < -0.39 is 5.97 Å². The third-order valence-electron chi connectivity index (χ3n) is 2.54. The highest BCUT2D eigenvalue weighted by molar-refractivity contribution is 5.94. The number of hydrogen-bond donors (Lipinski definition) is 2. The molecular formula is C14H17NO4. The van der Waals surface area contributed by atoms with Gasteiger partial charge in [0.1, 0.15) is 0 Å². The summed E-state index contributed by atoms with van der Waals surface area (Å²) >= 11 is 0. The summed E-state index contributed by atoms with van der Waals surface area (Å²) in [5.41, 5.74) is 1.25. The molecule has 1 aromatic rings. The van der Waals surface area contributed by atoms with E-state index in [1.807, 2.05) is 6.92 Å². The molecule has 1 atom stereocenters. The number of nitrogens with one attached hydrogen (secondary N) is 1. The van der Waals surface area contributed by atoms with Gasteiger partial charge in [0.15, 0.2) is 0 Å². The SMILES string of the molecule is COC(C)CNC(=O)c1ccc(/C=C/C(=O)O)cc1. The first-order valence-electron chi connectivity index (χ1n) is 5.85. The maximum Gasteiger partial charge on any atom is 0.328 e. The average molecular weight is 263 g/mol. The molecule has 0 saturated carbocycles. The summed E-state index contributed by atoms with van der Waals surface area (Å²) in [6, 6.07) is 6.67. The Balaban J connectivity index is 2.60. The molecule has 0 radical (unpaired) electrons. The fraction of sp³-hybridized carbons (Fsp3) is 0.286. The molecule has 2 N–H and O–H groups in total. The van der Waals surface area contributed by atoms with E-state index in [4.69, 9.17) is 9.84 Å². The second-order valence-electron chi connectivity index (χ2n) is 4.05. The Morgan fingerprint density at radius 2 is 2.00 bits per heavy atom. The summed E-state index contributed by atoms with van der Waals surface area (Å²) in [5.74, 6) is -1.19. The molecule has 102 valence electrons. The monoisotopic (exact) mass is 263 g/mol. The van der Waals surface area contributed by atoms with Gasteiger partial charge in [-0.15, -0.1) is 0 Å². The number of ether oxygens (including phenoxy) is 1. The third-order valence-corrected chi connectivity index (χ3v) is 2.54. The van der Waals surface area contributed by atoms with Gasteiger partial charge in [0.2, 0.25) is 0 Å². The van der Waals surface area contributed by atoms with Crippen LogP contribution in [0.4, 0.5) is 0 Å². The van der Waals surface area contributed by atoms with Crippen molar-refractivity contribution in [2.45, 2.75) is 13.0 Å². The smallest absolute Gasteiger partial charge is 0.328 e. The van der Waals surface area contributed by atoms with Crippen LogP contribution in [0.15, 0.2) is 30.3 Å². The van der Waals surface area contributed by atoms with Crippen molar-refractivity contribution < 1.29 is 19.4 Å². The van der Waals surface area contributed by atoms with Crippen molar-refractivity contribution in [1.82, 2.24) is 5.32 Å². The average Bonchev–Trinajstić information content (AvgIpc) is 2.42. The highest BCUT2D eigenvalue weighted by Gasteiger charge is 2.06. The first kappa shape index (κ1) is 14.9. The largest absolute Gasteiger partial charge is 0.478 e. The lowest BCUT2D eigenvalue weighted by molar-refractivity contribution is -0.131. The highest BCUT2D eigenvalue weighted by atomic mass is 16.5. The van der Waals surface area contributed by atoms with Crippen LogP contribution in [-0.2, 0) is 9.53 Å². The van der Waals surface area contributed by atoms with Crippen LogP contribution in [0, 0.1) is 0 Å². The Hall–Kier alpha value is -2.14. The van der Waals surface area contributed by atoms with E-state index in [1.54, 1.807) is 31.4 Å². The molecule has 5 nitrogen and oxygen atoms in total. The topological polar surface area (TPSA) is 75.6 Å². The summed E-state index contributed by atoms with van der Waals surface area (Å²) in [7, 11) is 1.58. The normalized spacial score (nSPS) is 12.3. The van der Waals surface area contributed by atoms with Crippen molar-refractivity contribution in [3.05, 3.63) is 41.5 Å². The summed E-state index contributed by atoms with van der Waals surface area (Å²) in [6.07, 6.45) is 2.48. The molecule has 1 unspecified atom stereocenters. The molecule has 0 aliphatic rings. The predicted molar refractivity (Wildman–Crippen MR) is 71.9 cm³/mol. The van der Waals surface area contributed by atoms with Crippen molar-refractivity contribution >= 4 is 18.0 Å². The second-order valence-corrected chi connectivity index (χ2v) is 4.05. The predicted octanol–water partition coefficient (Wildman–Crippen LogP) is 1.55. The van der Waals surface area contributed by atoms with E-state index in [9.17, 15) is 9.59 Å². The summed E-state index contributed by atoms with van der Waals surface area (Å²) in [6.45, 7) is 2.30. The van der Waals surface area contributed by atoms with Crippen LogP contribution in [0.2, 0.25) is 0 Å². The van der Waals surface area contributed by atoms with E-state index in [-0.39, 0.29) is 12.0 Å². The van der Waals surface area contributed by atoms with E-state index in [2.05, 4.69) is 5.32 Å². The minimum atomic E-state index is -1.00. The molecule has 0 aromatic heterocycles. The van der Waals surface area contributed by atoms with Crippen LogP contribution in [0.1, 0.15) is 22.8 Å². The van der Waals surface area contributed by atoms with Crippen molar-refractivity contribution in [3.8, 4) is 0 Å². The molecule has 0 bridgehead atoms. The zero-order valence-electron chi connectivity index (χ0n) is 10.9. The number of rotatable bonds is 6. The van der Waals surface area contributed by atoms with Gasteiger partial charge in [-0.1, -0.05) is 12.1 Å². The van der Waals surface area contributed by atoms with Gasteiger partial charge in [-0.25, -0.2) is 4.79 Å². The van der Waals surface area contributed by atoms with Crippen LogP contribution in [0.5, 0.6) is 0 Å². The molecule has 0 heterocycles. The fourth-order valence-electron chi connectivity index (χ4n) is 1.33. The molecule has 5 heteroatoms. The van der Waals surface area contributed by atoms with E-state index in [0.29, 0.717) is 12.1 Å². The zero-order chi connectivity index (χ0) is 14.3. The van der Waals surface area contributed by atoms with Gasteiger partial charge >= 0.3 is 5.97 Å². The lowest BCUT2D eigenvalue weighted by atomic mass is 10.1. The van der Waals surface area contributed by atoms with Crippen LogP contribution in [0.25, 0.3) is 6.08 Å². The van der Waals surface area contributed by atoms with E-state index in [1.165, 1.54) is 6.08 Å². The Bertz CT molecular complexity index is 465. The van der Waals surface area contributed by atoms with E-state index in [0.717, 1.165) is 11.6 Å². The maximum atomic E-state index is 11.8. The molecule has 0 aliphatic heterocycles. The van der Waals surface area contributed by atoms with Crippen LogP contribution in [-0.4, -0.2) is 36.7 Å². The molecular weight excluding hydrogens is 246 g/mol. The van der Waals surface area contributed by atoms with E-state index >= 15 is 0 Å². The number of aliphatic carboxylic acids is 1. The molecule has 0 saturated heterocycles. The van der Waals surface area contributed by atoms with Gasteiger partial charge < -0.3 is 15.2 Å². The van der Waals surface area contributed by atoms with Crippen molar-refractivity contribution in [2.24, 2.45) is 0 Å². The lowest BCUT2D eigenvalue weighted by Gasteiger charge is -2.10. The van der Waals surface area contributed by atoms with Gasteiger partial charge in [0.25, 0.3) is 5.91 Å². The maximum absolute atomic E-state index is 11.8. The molecule has 19 heavy (non-hydrogen) atoms. The van der Waals surface area contributed by atoms with Crippen molar-refractivity contribution in [3.63, 3.8) is 0 Å². The second kappa shape index (κ2) is 7.33. The number of benzene rings is 1. The zero-order valence-corrected chi connectivity index (χ0v) is 10.9. The number of amides is 1. The summed E-state index contributed by atoms with van der Waals surface area (Å²) in [5, 5.41) is 11.2. The molecule has 0 spiro atoms. The highest BCUT2D eigenvalue weighted by Crippen LogP contribution is 2.06. The van der Waals surface area contributed by atoms with Crippen LogP contribution in [0.3, 0.4) is 0 Å². The number of carbonyl (C=O) groups excluding carboxylic acids is 1. The summed E-state index contributed by atoms with van der Waals surface area (Å²) < 4.78 is 5.03. The van der Waals surface area contributed by atoms with Gasteiger partial charge in [0, 0.05) is 25.3 Å². The number of carboxylic acid groups (broad SMARTS) is 1. The van der Waals surface area contributed by atoms with Gasteiger partial charge in [-0.3, -0.25) is 4.79 Å². The molecule has 1 aromatic carbocycles. The number of carboxylic acids is 1. The van der Waals surface area contributed by atoms with Crippen molar-refractivity contribution in [1.29, 1.82) is 0 Å². The standard InChI is InChI=1S/C14H17NO4/c1-10(19-2)9-15-14(18)12-6-3-11(4-7-12)5-8-13(16)17/h3-8,10H,9H2,1-2H3,(H,15,18)(H,16,17)/b8-5+. The molecule has 1 rings (SSSR count). The minimum absolute atomic E-state index is 0.0401. The number of hydrogen-bond acceptors (Lipinski definition) is 3. The van der Waals surface area contributed by atoms with Crippen LogP contribution < -0.4 is 5.32 Å². The molecule has 1 amide bonds.